The van der Waals surface area contributed by atoms with Gasteiger partial charge in [0.2, 0.25) is 5.78 Å². The highest BCUT2D eigenvalue weighted by Crippen LogP contribution is 2.35. The third-order valence-electron chi connectivity index (χ3n) is 4.59. The van der Waals surface area contributed by atoms with Crippen LogP contribution in [0, 0.1) is 0 Å². The van der Waals surface area contributed by atoms with E-state index >= 15 is 0 Å². The summed E-state index contributed by atoms with van der Waals surface area (Å²) in [5, 5.41) is 9.89. The highest BCUT2D eigenvalue weighted by atomic mass is 32.2. The standard InChI is InChI=1S/C21H16N2O7S/c22-17-9-15(24)20(29-17)14-10-23-19-13(18(14)21(25)26)7-4-8-16(19)30-31(27,28)11-12-5-2-1-3-6-12/h1-10,20H,11,22H2,(H,25,26). The van der Waals surface area contributed by atoms with Gasteiger partial charge in [-0.1, -0.05) is 42.5 Å². The van der Waals surface area contributed by atoms with Gasteiger partial charge in [-0.3, -0.25) is 9.78 Å². The van der Waals surface area contributed by atoms with Gasteiger partial charge in [0, 0.05) is 23.2 Å². The average molecular weight is 440 g/mol. The molecule has 1 aliphatic rings. The maximum Gasteiger partial charge on any atom is 0.336 e. The number of hydrogen-bond donors (Lipinski definition) is 2. The molecule has 1 atom stereocenters. The number of fused-ring (bicyclic) bond motifs is 1. The van der Waals surface area contributed by atoms with Crippen LogP contribution in [0.2, 0.25) is 0 Å². The lowest BCUT2D eigenvalue weighted by Crippen LogP contribution is -2.16. The summed E-state index contributed by atoms with van der Waals surface area (Å²) in [7, 11) is -4.05. The Labute approximate surface area is 176 Å². The molecule has 0 amide bonds. The number of para-hydroxylation sites is 1. The Hall–Kier alpha value is -3.92. The predicted molar refractivity (Wildman–Crippen MR) is 109 cm³/mol. The normalized spacial score (nSPS) is 16.1. The molecule has 0 radical (unpaired) electrons. The lowest BCUT2D eigenvalue weighted by molar-refractivity contribution is -0.120. The third-order valence-corrected chi connectivity index (χ3v) is 5.71. The van der Waals surface area contributed by atoms with Crippen molar-refractivity contribution >= 4 is 32.8 Å². The number of carboxylic acid groups (broad SMARTS) is 1. The average Bonchev–Trinajstić information content (AvgIpc) is 3.05. The first kappa shape index (κ1) is 20.4. The summed E-state index contributed by atoms with van der Waals surface area (Å²) in [6.45, 7) is 0. The Morgan fingerprint density at radius 3 is 2.55 bits per heavy atom. The summed E-state index contributed by atoms with van der Waals surface area (Å²) in [5.41, 5.74) is 5.82. The fourth-order valence-electron chi connectivity index (χ4n) is 3.32. The first-order valence-corrected chi connectivity index (χ1v) is 10.6. The maximum absolute atomic E-state index is 12.5. The van der Waals surface area contributed by atoms with Gasteiger partial charge in [-0.15, -0.1) is 0 Å². The van der Waals surface area contributed by atoms with E-state index < -0.39 is 28.0 Å². The van der Waals surface area contributed by atoms with E-state index in [4.69, 9.17) is 14.7 Å². The van der Waals surface area contributed by atoms with Crippen molar-refractivity contribution in [1.29, 1.82) is 0 Å². The van der Waals surface area contributed by atoms with Crippen molar-refractivity contribution in [2.24, 2.45) is 5.73 Å². The molecule has 2 heterocycles. The molecule has 0 spiro atoms. The van der Waals surface area contributed by atoms with Gasteiger partial charge in [-0.05, 0) is 11.6 Å². The fourth-order valence-corrected chi connectivity index (χ4v) is 4.39. The summed E-state index contributed by atoms with van der Waals surface area (Å²) in [6.07, 6.45) is 0.975. The molecule has 0 fully saturated rings. The van der Waals surface area contributed by atoms with E-state index in [9.17, 15) is 23.1 Å². The van der Waals surface area contributed by atoms with Gasteiger partial charge < -0.3 is 19.8 Å². The number of hydrogen-bond acceptors (Lipinski definition) is 8. The minimum Gasteiger partial charge on any atom is -0.478 e. The molecule has 2 aromatic carbocycles. The smallest absolute Gasteiger partial charge is 0.336 e. The molecule has 3 aromatic rings. The number of rotatable bonds is 6. The molecule has 1 unspecified atom stereocenters. The summed E-state index contributed by atoms with van der Waals surface area (Å²) < 4.78 is 35.6. The Bertz CT molecular complexity index is 1330. The Morgan fingerprint density at radius 2 is 1.90 bits per heavy atom. The first-order chi connectivity index (χ1) is 14.7. The molecule has 0 saturated carbocycles. The Morgan fingerprint density at radius 1 is 1.16 bits per heavy atom. The van der Waals surface area contributed by atoms with Gasteiger partial charge in [-0.25, -0.2) is 4.79 Å². The van der Waals surface area contributed by atoms with E-state index in [0.717, 1.165) is 12.3 Å². The number of nitrogens with zero attached hydrogens (tertiary/aromatic N) is 1. The van der Waals surface area contributed by atoms with Crippen LogP contribution < -0.4 is 9.92 Å². The van der Waals surface area contributed by atoms with Crippen molar-refractivity contribution in [2.75, 3.05) is 0 Å². The molecule has 0 saturated heterocycles. The molecule has 158 valence electrons. The van der Waals surface area contributed by atoms with Crippen LogP contribution in [-0.2, 0) is 25.4 Å². The maximum atomic E-state index is 12.5. The second-order valence-electron chi connectivity index (χ2n) is 6.76. The SMILES string of the molecule is NC1=CC(=O)C(c2cnc3c(OS(=O)(=O)Cc4ccccc4)cccc3c2C(=O)O)O1. The summed E-state index contributed by atoms with van der Waals surface area (Å²) in [4.78, 5) is 28.3. The zero-order chi connectivity index (χ0) is 22.2. The largest absolute Gasteiger partial charge is 0.478 e. The van der Waals surface area contributed by atoms with Crippen LogP contribution in [0.25, 0.3) is 10.9 Å². The molecule has 3 N–H and O–H groups in total. The quantitative estimate of drug-likeness (QED) is 0.551. The van der Waals surface area contributed by atoms with Crippen LogP contribution in [0.4, 0.5) is 0 Å². The van der Waals surface area contributed by atoms with Crippen LogP contribution >= 0.6 is 0 Å². The fraction of sp³-hybridized carbons (Fsp3) is 0.0952. The molecule has 1 aliphatic heterocycles. The number of benzene rings is 2. The van der Waals surface area contributed by atoms with Gasteiger partial charge in [0.1, 0.15) is 11.3 Å². The summed E-state index contributed by atoms with van der Waals surface area (Å²) in [5.74, 6) is -2.48. The van der Waals surface area contributed by atoms with Crippen molar-refractivity contribution in [2.45, 2.75) is 11.9 Å². The van der Waals surface area contributed by atoms with Gasteiger partial charge in [0.25, 0.3) is 0 Å². The summed E-state index contributed by atoms with van der Waals surface area (Å²) >= 11 is 0. The topological polar surface area (TPSA) is 146 Å². The number of ether oxygens (including phenoxy) is 1. The predicted octanol–water partition coefficient (Wildman–Crippen LogP) is 2.28. The summed E-state index contributed by atoms with van der Waals surface area (Å²) in [6, 6.07) is 12.7. The van der Waals surface area contributed by atoms with Crippen molar-refractivity contribution in [3.63, 3.8) is 0 Å². The number of aromatic nitrogens is 1. The molecule has 0 bridgehead atoms. The van der Waals surface area contributed by atoms with Crippen LogP contribution in [0.3, 0.4) is 0 Å². The van der Waals surface area contributed by atoms with Crippen LogP contribution in [0.15, 0.2) is 66.7 Å². The van der Waals surface area contributed by atoms with E-state index in [2.05, 4.69) is 4.98 Å². The van der Waals surface area contributed by atoms with Gasteiger partial charge in [0.05, 0.1) is 5.56 Å². The monoisotopic (exact) mass is 440 g/mol. The molecule has 31 heavy (non-hydrogen) atoms. The van der Waals surface area contributed by atoms with Crippen LogP contribution in [-0.4, -0.2) is 30.3 Å². The highest BCUT2D eigenvalue weighted by Gasteiger charge is 2.33. The van der Waals surface area contributed by atoms with E-state index in [-0.39, 0.29) is 39.4 Å². The minimum atomic E-state index is -4.05. The Kier molecular flexibility index (Phi) is 5.07. The number of carbonyl (C=O) groups excluding carboxylic acids is 1. The second kappa shape index (κ2) is 7.73. The molecule has 10 heteroatoms. The van der Waals surface area contributed by atoms with E-state index in [1.165, 1.54) is 18.2 Å². The van der Waals surface area contributed by atoms with Gasteiger partial charge in [-0.2, -0.15) is 8.42 Å². The van der Waals surface area contributed by atoms with E-state index in [0.29, 0.717) is 5.56 Å². The number of carbonyl (C=O) groups is 2. The molecular weight excluding hydrogens is 424 g/mol. The zero-order valence-corrected chi connectivity index (χ0v) is 16.7. The number of aromatic carboxylic acids is 1. The lowest BCUT2D eigenvalue weighted by atomic mass is 9.98. The molecule has 4 rings (SSSR count). The zero-order valence-electron chi connectivity index (χ0n) is 15.9. The first-order valence-electron chi connectivity index (χ1n) is 9.04. The molecular formula is C21H16N2O7S. The van der Waals surface area contributed by atoms with Crippen LogP contribution in [0.1, 0.15) is 27.6 Å². The lowest BCUT2D eigenvalue weighted by Gasteiger charge is -2.16. The van der Waals surface area contributed by atoms with E-state index in [1.54, 1.807) is 30.3 Å². The third kappa shape index (κ3) is 4.05. The highest BCUT2D eigenvalue weighted by molar-refractivity contribution is 7.86. The number of pyridine rings is 1. The van der Waals surface area contributed by atoms with E-state index in [1.807, 2.05) is 0 Å². The van der Waals surface area contributed by atoms with Gasteiger partial charge in [0.15, 0.2) is 17.7 Å². The number of nitrogens with two attached hydrogens (primary N) is 1. The number of ketones is 1. The van der Waals surface area contributed by atoms with Gasteiger partial charge >= 0.3 is 16.1 Å². The minimum absolute atomic E-state index is 0.00555. The van der Waals surface area contributed by atoms with Crippen molar-refractivity contribution < 1.29 is 32.0 Å². The van der Waals surface area contributed by atoms with Crippen LogP contribution in [0.5, 0.6) is 5.75 Å². The molecule has 1 aromatic heterocycles. The van der Waals surface area contributed by atoms with Crippen molar-refractivity contribution in [3.8, 4) is 5.75 Å². The van der Waals surface area contributed by atoms with Crippen molar-refractivity contribution in [3.05, 3.63) is 83.4 Å². The van der Waals surface area contributed by atoms with Crippen molar-refractivity contribution in [1.82, 2.24) is 4.98 Å². The Balaban J connectivity index is 1.76. The molecule has 0 aliphatic carbocycles. The molecule has 9 nitrogen and oxygen atoms in total. The number of carboxylic acids is 1. The second-order valence-corrected chi connectivity index (χ2v) is 8.33.